The van der Waals surface area contributed by atoms with E-state index >= 15 is 0 Å². The Labute approximate surface area is 157 Å². The number of thioether (sulfide) groups is 1. The molecule has 2 heterocycles. The fourth-order valence-electron chi connectivity index (χ4n) is 2.27. The van der Waals surface area contributed by atoms with E-state index in [0.29, 0.717) is 5.16 Å². The van der Waals surface area contributed by atoms with Gasteiger partial charge in [-0.2, -0.15) is 0 Å². The van der Waals surface area contributed by atoms with Crippen LogP contribution in [0.1, 0.15) is 6.42 Å². The molecule has 0 amide bonds. The predicted octanol–water partition coefficient (Wildman–Crippen LogP) is 3.40. The Bertz CT molecular complexity index is 796. The molecule has 0 fully saturated rings. The van der Waals surface area contributed by atoms with Gasteiger partial charge < -0.3 is 14.6 Å². The Morgan fingerprint density at radius 1 is 1.21 bits per heavy atom. The Kier molecular flexibility index (Phi) is 8.02. The summed E-state index contributed by atoms with van der Waals surface area (Å²) in [6, 6.07) is 5.85. The molecule has 24 heavy (non-hydrogen) atoms. The van der Waals surface area contributed by atoms with Gasteiger partial charge >= 0.3 is 0 Å². The average molecular weight is 390 g/mol. The molecule has 0 aliphatic heterocycles. The number of aromatic nitrogens is 4. The lowest BCUT2D eigenvalue weighted by Gasteiger charge is -2.07. The monoisotopic (exact) mass is 389 g/mol. The number of methoxy groups -OCH3 is 1. The van der Waals surface area contributed by atoms with Crippen molar-refractivity contribution in [2.24, 2.45) is 0 Å². The lowest BCUT2D eigenvalue weighted by Crippen LogP contribution is -2.13. The second-order valence-corrected chi connectivity index (χ2v) is 6.40. The molecule has 0 unspecified atom stereocenters. The van der Waals surface area contributed by atoms with Gasteiger partial charge in [-0.25, -0.2) is 4.98 Å². The van der Waals surface area contributed by atoms with Gasteiger partial charge in [-0.1, -0.05) is 11.8 Å². The van der Waals surface area contributed by atoms with Crippen molar-refractivity contribution in [3.63, 3.8) is 0 Å². The highest BCUT2D eigenvalue weighted by atomic mass is 35.5. The SMILES string of the molecule is COc1ccc2[nH]c3nc(SCCCN(C)C)nnc3c2c1.Cl.Cl. The van der Waals surface area contributed by atoms with Crippen molar-refractivity contribution in [2.45, 2.75) is 11.6 Å². The highest BCUT2D eigenvalue weighted by Gasteiger charge is 2.10. The number of halogens is 2. The van der Waals surface area contributed by atoms with Crippen LogP contribution in [0.2, 0.25) is 0 Å². The first kappa shape index (κ1) is 20.8. The smallest absolute Gasteiger partial charge is 0.211 e. The van der Waals surface area contributed by atoms with Gasteiger partial charge in [0.2, 0.25) is 5.16 Å². The lowest BCUT2D eigenvalue weighted by molar-refractivity contribution is 0.410. The molecule has 0 aliphatic rings. The molecular formula is C15H21Cl2N5OS. The van der Waals surface area contributed by atoms with Gasteiger partial charge in [0.05, 0.1) is 7.11 Å². The predicted molar refractivity (Wildman–Crippen MR) is 104 cm³/mol. The van der Waals surface area contributed by atoms with E-state index < -0.39 is 0 Å². The highest BCUT2D eigenvalue weighted by Crippen LogP contribution is 2.27. The van der Waals surface area contributed by atoms with Gasteiger partial charge in [0, 0.05) is 16.7 Å². The first-order chi connectivity index (χ1) is 10.7. The van der Waals surface area contributed by atoms with Crippen molar-refractivity contribution in [3.8, 4) is 5.75 Å². The summed E-state index contributed by atoms with van der Waals surface area (Å²) in [6.07, 6.45) is 1.10. The van der Waals surface area contributed by atoms with Crippen molar-refractivity contribution in [1.82, 2.24) is 25.1 Å². The topological polar surface area (TPSA) is 66.9 Å². The fourth-order valence-corrected chi connectivity index (χ4v) is 2.98. The molecule has 0 radical (unpaired) electrons. The number of hydrogen-bond acceptors (Lipinski definition) is 6. The van der Waals surface area contributed by atoms with Crippen LogP contribution in [-0.2, 0) is 0 Å². The molecule has 0 saturated carbocycles. The van der Waals surface area contributed by atoms with Crippen LogP contribution in [0.15, 0.2) is 23.4 Å². The first-order valence-electron chi connectivity index (χ1n) is 7.15. The fraction of sp³-hybridized carbons (Fsp3) is 0.400. The molecule has 9 heteroatoms. The van der Waals surface area contributed by atoms with Gasteiger partial charge in [0.1, 0.15) is 11.3 Å². The summed E-state index contributed by atoms with van der Waals surface area (Å²) in [4.78, 5) is 10.0. The zero-order chi connectivity index (χ0) is 15.5. The maximum absolute atomic E-state index is 5.26. The molecule has 0 bridgehead atoms. The van der Waals surface area contributed by atoms with Crippen molar-refractivity contribution in [1.29, 1.82) is 0 Å². The van der Waals surface area contributed by atoms with Crippen LogP contribution < -0.4 is 4.74 Å². The molecule has 1 aromatic carbocycles. The number of hydrogen-bond donors (Lipinski definition) is 1. The first-order valence-corrected chi connectivity index (χ1v) is 8.13. The van der Waals surface area contributed by atoms with E-state index in [1.54, 1.807) is 18.9 Å². The second-order valence-electron chi connectivity index (χ2n) is 5.33. The van der Waals surface area contributed by atoms with Gasteiger partial charge in [0.25, 0.3) is 0 Å². The summed E-state index contributed by atoms with van der Waals surface area (Å²) in [5.74, 6) is 1.79. The minimum absolute atomic E-state index is 0. The Morgan fingerprint density at radius 3 is 2.71 bits per heavy atom. The molecule has 3 rings (SSSR count). The average Bonchev–Trinajstić information content (AvgIpc) is 2.88. The minimum atomic E-state index is 0. The lowest BCUT2D eigenvalue weighted by atomic mass is 10.2. The molecule has 0 aliphatic carbocycles. The van der Waals surface area contributed by atoms with Gasteiger partial charge in [0.15, 0.2) is 5.65 Å². The van der Waals surface area contributed by atoms with E-state index in [1.807, 2.05) is 18.2 Å². The number of benzene rings is 1. The van der Waals surface area contributed by atoms with E-state index in [9.17, 15) is 0 Å². The third kappa shape index (κ3) is 4.63. The Morgan fingerprint density at radius 2 is 2.00 bits per heavy atom. The Hall–Kier alpha value is -1.28. The highest BCUT2D eigenvalue weighted by molar-refractivity contribution is 7.99. The van der Waals surface area contributed by atoms with Gasteiger partial charge in [-0.3, -0.25) is 0 Å². The number of ether oxygens (including phenoxy) is 1. The van der Waals surface area contributed by atoms with Crippen LogP contribution in [0.4, 0.5) is 0 Å². The van der Waals surface area contributed by atoms with E-state index in [0.717, 1.165) is 46.5 Å². The maximum Gasteiger partial charge on any atom is 0.211 e. The van der Waals surface area contributed by atoms with Gasteiger partial charge in [-0.05, 0) is 45.3 Å². The molecule has 1 N–H and O–H groups in total. The van der Waals surface area contributed by atoms with E-state index in [2.05, 4.69) is 39.2 Å². The van der Waals surface area contributed by atoms with E-state index in [-0.39, 0.29) is 24.8 Å². The zero-order valence-electron chi connectivity index (χ0n) is 13.8. The van der Waals surface area contributed by atoms with Crippen LogP contribution in [0.25, 0.3) is 22.1 Å². The van der Waals surface area contributed by atoms with Crippen molar-refractivity contribution in [3.05, 3.63) is 18.2 Å². The molecule has 132 valence electrons. The largest absolute Gasteiger partial charge is 0.497 e. The number of H-pyrrole nitrogens is 1. The summed E-state index contributed by atoms with van der Waals surface area (Å²) in [5, 5.41) is 10.3. The number of aromatic amines is 1. The van der Waals surface area contributed by atoms with E-state index in [4.69, 9.17) is 4.74 Å². The molecule has 2 aromatic heterocycles. The molecule has 3 aromatic rings. The summed E-state index contributed by atoms with van der Waals surface area (Å²) < 4.78 is 5.26. The maximum atomic E-state index is 5.26. The van der Waals surface area contributed by atoms with E-state index in [1.165, 1.54) is 0 Å². The molecule has 0 atom stereocenters. The second kappa shape index (κ2) is 9.27. The van der Waals surface area contributed by atoms with Gasteiger partial charge in [-0.15, -0.1) is 35.0 Å². The molecule has 6 nitrogen and oxygen atoms in total. The van der Waals surface area contributed by atoms with Crippen LogP contribution in [0.3, 0.4) is 0 Å². The van der Waals surface area contributed by atoms with Crippen LogP contribution in [-0.4, -0.2) is 58.6 Å². The van der Waals surface area contributed by atoms with Crippen molar-refractivity contribution >= 4 is 58.6 Å². The number of nitrogens with zero attached hydrogens (tertiary/aromatic N) is 4. The summed E-state index contributed by atoms with van der Waals surface area (Å²) >= 11 is 1.64. The summed E-state index contributed by atoms with van der Waals surface area (Å²) in [5.41, 5.74) is 2.55. The third-order valence-corrected chi connectivity index (χ3v) is 4.31. The minimum Gasteiger partial charge on any atom is -0.497 e. The van der Waals surface area contributed by atoms with Crippen LogP contribution in [0, 0.1) is 0 Å². The van der Waals surface area contributed by atoms with Crippen LogP contribution in [0.5, 0.6) is 5.75 Å². The quantitative estimate of drug-likeness (QED) is 0.514. The molecular weight excluding hydrogens is 369 g/mol. The number of fused-ring (bicyclic) bond motifs is 3. The summed E-state index contributed by atoms with van der Waals surface area (Å²) in [7, 11) is 5.81. The Balaban J connectivity index is 0.00000144. The number of rotatable bonds is 6. The molecule has 0 saturated heterocycles. The van der Waals surface area contributed by atoms with Crippen molar-refractivity contribution in [2.75, 3.05) is 33.5 Å². The van der Waals surface area contributed by atoms with Crippen LogP contribution >= 0.6 is 36.6 Å². The normalized spacial score (nSPS) is 10.7. The zero-order valence-corrected chi connectivity index (χ0v) is 16.2. The van der Waals surface area contributed by atoms with Crippen molar-refractivity contribution < 1.29 is 4.74 Å². The molecule has 0 spiro atoms. The standard InChI is InChI=1S/C15H19N5OS.2ClH/c1-20(2)7-4-8-22-15-17-14-13(18-19-15)11-9-10(21-3)5-6-12(11)16-14;;/h5-6,9H,4,7-8H2,1-3H3,(H,16,17,19);2*1H. The number of nitrogens with one attached hydrogen (secondary N) is 1. The third-order valence-electron chi connectivity index (χ3n) is 3.38. The summed E-state index contributed by atoms with van der Waals surface area (Å²) in [6.45, 7) is 1.06.